The quantitative estimate of drug-likeness (QED) is 0.844. The summed E-state index contributed by atoms with van der Waals surface area (Å²) in [6, 6.07) is 11.2. The number of fused-ring (bicyclic) bond motifs is 2. The van der Waals surface area contributed by atoms with Gasteiger partial charge >= 0.3 is 0 Å². The number of hydrogen-bond donors (Lipinski definition) is 0. The normalized spacial score (nSPS) is 24.2. The van der Waals surface area contributed by atoms with E-state index in [1.54, 1.807) is 0 Å². The minimum Gasteiger partial charge on any atom is -0.338 e. The van der Waals surface area contributed by atoms with Crippen molar-refractivity contribution in [3.05, 3.63) is 41.6 Å². The van der Waals surface area contributed by atoms with E-state index in [1.807, 2.05) is 0 Å². The number of aromatic nitrogens is 2. The summed E-state index contributed by atoms with van der Waals surface area (Å²) in [6.45, 7) is 3.37. The maximum atomic E-state index is 5.04. The van der Waals surface area contributed by atoms with E-state index in [0.717, 1.165) is 18.9 Å². The van der Waals surface area contributed by atoms with Gasteiger partial charge < -0.3 is 4.90 Å². The smallest absolute Gasteiger partial charge is 0.226 e. The van der Waals surface area contributed by atoms with Crippen LogP contribution < -0.4 is 4.90 Å². The fourth-order valence-electron chi connectivity index (χ4n) is 4.04. The molecule has 112 valence electrons. The zero-order valence-corrected chi connectivity index (χ0v) is 13.0. The molecule has 1 saturated carbocycles. The molecule has 0 bridgehead atoms. The van der Waals surface area contributed by atoms with Crippen LogP contribution in [0.4, 0.5) is 5.95 Å². The van der Waals surface area contributed by atoms with Crippen LogP contribution >= 0.6 is 0 Å². The molecule has 1 spiro atoms. The predicted octanol–water partition coefficient (Wildman–Crippen LogP) is 3.72. The molecule has 3 aliphatic rings. The van der Waals surface area contributed by atoms with E-state index < -0.39 is 0 Å². The summed E-state index contributed by atoms with van der Waals surface area (Å²) in [5.41, 5.74) is 5.62. The number of rotatable bonds is 2. The van der Waals surface area contributed by atoms with Crippen LogP contribution in [0.3, 0.4) is 0 Å². The molecule has 5 rings (SSSR count). The molecule has 1 aromatic carbocycles. The van der Waals surface area contributed by atoms with Crippen LogP contribution in [0.2, 0.25) is 0 Å². The van der Waals surface area contributed by atoms with Crippen molar-refractivity contribution >= 4 is 5.95 Å². The Morgan fingerprint density at radius 3 is 2.55 bits per heavy atom. The molecule has 2 heterocycles. The molecule has 0 radical (unpaired) electrons. The Labute approximate surface area is 131 Å². The third kappa shape index (κ3) is 1.68. The van der Waals surface area contributed by atoms with Gasteiger partial charge in [0.2, 0.25) is 5.95 Å². The molecule has 1 saturated heterocycles. The molecule has 2 aromatic rings. The number of nitrogens with zero attached hydrogens (tertiary/aromatic N) is 3. The third-order valence-electron chi connectivity index (χ3n) is 5.83. The minimum absolute atomic E-state index is 0.407. The summed E-state index contributed by atoms with van der Waals surface area (Å²) in [7, 11) is 0. The van der Waals surface area contributed by atoms with Crippen molar-refractivity contribution in [1.82, 2.24) is 9.97 Å². The summed E-state index contributed by atoms with van der Waals surface area (Å²) >= 11 is 0. The number of benzene rings is 1. The van der Waals surface area contributed by atoms with Crippen LogP contribution in [0.1, 0.15) is 43.9 Å². The van der Waals surface area contributed by atoms with Gasteiger partial charge in [0.25, 0.3) is 0 Å². The van der Waals surface area contributed by atoms with Crippen LogP contribution in [-0.2, 0) is 11.8 Å². The van der Waals surface area contributed by atoms with E-state index in [4.69, 9.17) is 9.97 Å². The zero-order chi connectivity index (χ0) is 14.7. The molecular formula is C19H21N3. The summed E-state index contributed by atoms with van der Waals surface area (Å²) in [6.07, 6.45) is 6.32. The van der Waals surface area contributed by atoms with Gasteiger partial charge in [-0.1, -0.05) is 30.3 Å². The first-order valence-electron chi connectivity index (χ1n) is 8.50. The first-order valence-corrected chi connectivity index (χ1v) is 8.50. The van der Waals surface area contributed by atoms with Gasteiger partial charge in [-0.25, -0.2) is 9.97 Å². The molecule has 3 nitrogen and oxygen atoms in total. The summed E-state index contributed by atoms with van der Waals surface area (Å²) in [5.74, 6) is 0.963. The second-order valence-corrected chi connectivity index (χ2v) is 7.18. The lowest BCUT2D eigenvalue weighted by molar-refractivity contribution is 0.469. The van der Waals surface area contributed by atoms with Crippen LogP contribution in [0.15, 0.2) is 30.3 Å². The largest absolute Gasteiger partial charge is 0.338 e. The molecule has 0 unspecified atom stereocenters. The predicted molar refractivity (Wildman–Crippen MR) is 88.1 cm³/mol. The van der Waals surface area contributed by atoms with E-state index >= 15 is 0 Å². The van der Waals surface area contributed by atoms with Crippen LogP contribution in [0.25, 0.3) is 11.3 Å². The Morgan fingerprint density at radius 1 is 1.09 bits per heavy atom. The standard InChI is InChI=1S/C19H21N3/c1-13-8-12-22(13)18-20-16(14-5-3-2-4-6-14)15-7-9-19(10-11-19)17(15)21-18/h2-6,13H,7-12H2,1H3/t13-/m0/s1. The van der Waals surface area contributed by atoms with E-state index in [1.165, 1.54) is 48.2 Å². The van der Waals surface area contributed by atoms with Crippen molar-refractivity contribution in [2.45, 2.75) is 50.5 Å². The molecular weight excluding hydrogens is 270 g/mol. The Hall–Kier alpha value is -1.90. The van der Waals surface area contributed by atoms with E-state index in [9.17, 15) is 0 Å². The monoisotopic (exact) mass is 291 g/mol. The van der Waals surface area contributed by atoms with Crippen LogP contribution in [0, 0.1) is 0 Å². The lowest BCUT2D eigenvalue weighted by Crippen LogP contribution is -2.47. The van der Waals surface area contributed by atoms with Crippen molar-refractivity contribution in [2.75, 3.05) is 11.4 Å². The average Bonchev–Trinajstić information content (AvgIpc) is 3.24. The highest BCUT2D eigenvalue weighted by molar-refractivity contribution is 5.68. The molecule has 2 fully saturated rings. The van der Waals surface area contributed by atoms with Gasteiger partial charge in [-0.15, -0.1) is 0 Å². The van der Waals surface area contributed by atoms with Gasteiger partial charge in [0.15, 0.2) is 0 Å². The van der Waals surface area contributed by atoms with Gasteiger partial charge in [0.1, 0.15) is 0 Å². The van der Waals surface area contributed by atoms with Gasteiger partial charge in [0.05, 0.1) is 11.4 Å². The Morgan fingerprint density at radius 2 is 1.91 bits per heavy atom. The van der Waals surface area contributed by atoms with Crippen molar-refractivity contribution < 1.29 is 0 Å². The Bertz CT molecular complexity index is 734. The fourth-order valence-corrected chi connectivity index (χ4v) is 4.04. The van der Waals surface area contributed by atoms with E-state index in [-0.39, 0.29) is 0 Å². The average molecular weight is 291 g/mol. The van der Waals surface area contributed by atoms with Crippen molar-refractivity contribution in [3.63, 3.8) is 0 Å². The molecule has 0 amide bonds. The highest BCUT2D eigenvalue weighted by atomic mass is 15.3. The molecule has 3 heteroatoms. The summed E-state index contributed by atoms with van der Waals surface area (Å²) < 4.78 is 0. The van der Waals surface area contributed by atoms with Crippen molar-refractivity contribution in [2.24, 2.45) is 0 Å². The number of hydrogen-bond acceptors (Lipinski definition) is 3. The summed E-state index contributed by atoms with van der Waals surface area (Å²) in [5, 5.41) is 0. The van der Waals surface area contributed by atoms with Crippen LogP contribution in [-0.4, -0.2) is 22.6 Å². The Balaban J connectivity index is 1.70. The minimum atomic E-state index is 0.407. The third-order valence-corrected chi connectivity index (χ3v) is 5.83. The van der Waals surface area contributed by atoms with Gasteiger partial charge in [-0.2, -0.15) is 0 Å². The maximum absolute atomic E-state index is 5.04. The molecule has 1 atom stereocenters. The zero-order valence-electron chi connectivity index (χ0n) is 13.0. The van der Waals surface area contributed by atoms with Crippen molar-refractivity contribution in [1.29, 1.82) is 0 Å². The van der Waals surface area contributed by atoms with E-state index in [0.29, 0.717) is 11.5 Å². The lowest BCUT2D eigenvalue weighted by Gasteiger charge is -2.39. The SMILES string of the molecule is C[C@H]1CCN1c1nc(-c2ccccc2)c2c(n1)C1(CC2)CC1. The van der Waals surface area contributed by atoms with E-state index in [2.05, 4.69) is 42.2 Å². The second kappa shape index (κ2) is 4.31. The van der Waals surface area contributed by atoms with Gasteiger partial charge in [0, 0.05) is 29.1 Å². The molecule has 2 aliphatic carbocycles. The molecule has 22 heavy (non-hydrogen) atoms. The lowest BCUT2D eigenvalue weighted by atomic mass is 10.0. The highest BCUT2D eigenvalue weighted by Crippen LogP contribution is 2.57. The van der Waals surface area contributed by atoms with Crippen LogP contribution in [0.5, 0.6) is 0 Å². The first kappa shape index (κ1) is 12.6. The second-order valence-electron chi connectivity index (χ2n) is 7.18. The first-order chi connectivity index (χ1) is 10.8. The summed E-state index contributed by atoms with van der Waals surface area (Å²) in [4.78, 5) is 12.4. The molecule has 0 N–H and O–H groups in total. The topological polar surface area (TPSA) is 29.0 Å². The number of anilines is 1. The fraction of sp³-hybridized carbons (Fsp3) is 0.474. The molecule has 1 aromatic heterocycles. The van der Waals surface area contributed by atoms with Gasteiger partial charge in [-0.3, -0.25) is 0 Å². The van der Waals surface area contributed by atoms with Crippen molar-refractivity contribution in [3.8, 4) is 11.3 Å². The maximum Gasteiger partial charge on any atom is 0.226 e. The van der Waals surface area contributed by atoms with Gasteiger partial charge in [-0.05, 0) is 39.0 Å². The highest BCUT2D eigenvalue weighted by Gasteiger charge is 2.51. The Kier molecular flexibility index (Phi) is 2.47. The molecule has 1 aliphatic heterocycles.